The molecule has 0 N–H and O–H groups in total. The van der Waals surface area contributed by atoms with E-state index in [1.807, 2.05) is 18.2 Å². The van der Waals surface area contributed by atoms with Gasteiger partial charge in [0.1, 0.15) is 6.10 Å². The molecule has 1 aromatic carbocycles. The van der Waals surface area contributed by atoms with Crippen molar-refractivity contribution < 1.29 is 14.3 Å². The van der Waals surface area contributed by atoms with Crippen molar-refractivity contribution in [1.82, 2.24) is 4.90 Å². The summed E-state index contributed by atoms with van der Waals surface area (Å²) in [6.07, 6.45) is 1.01. The van der Waals surface area contributed by atoms with Crippen molar-refractivity contribution in [3.05, 3.63) is 48.0 Å². The van der Waals surface area contributed by atoms with Crippen molar-refractivity contribution in [2.24, 2.45) is 0 Å². The average molecular weight is 259 g/mol. The number of methoxy groups -OCH3 is 1. The summed E-state index contributed by atoms with van der Waals surface area (Å²) < 4.78 is 5.30. The first-order chi connectivity index (χ1) is 9.11. The van der Waals surface area contributed by atoms with Crippen molar-refractivity contribution >= 4 is 11.7 Å². The standard InChI is InChI=1S/C15H17NO3/c1-4-9-16-13(14(19-3)10(2)17)11-7-5-6-8-12(11)15(16)18/h4-8,13-14H,1,9H2,2-3H3. The molecule has 1 aromatic rings. The van der Waals surface area contributed by atoms with Gasteiger partial charge in [-0.2, -0.15) is 0 Å². The molecule has 4 heteroatoms. The number of carbonyl (C=O) groups excluding carboxylic acids is 2. The number of amides is 1. The van der Waals surface area contributed by atoms with Crippen LogP contribution in [-0.2, 0) is 9.53 Å². The molecule has 0 spiro atoms. The molecule has 1 heterocycles. The van der Waals surface area contributed by atoms with Crippen LogP contribution in [0.5, 0.6) is 0 Å². The molecular formula is C15H17NO3. The zero-order chi connectivity index (χ0) is 14.0. The smallest absolute Gasteiger partial charge is 0.255 e. The van der Waals surface area contributed by atoms with Crippen LogP contribution in [0.3, 0.4) is 0 Å². The quantitative estimate of drug-likeness (QED) is 0.759. The Balaban J connectivity index is 2.50. The summed E-state index contributed by atoms with van der Waals surface area (Å²) in [5.74, 6) is -0.171. The molecule has 1 aliphatic heterocycles. The molecule has 0 saturated heterocycles. The van der Waals surface area contributed by atoms with E-state index < -0.39 is 6.10 Å². The van der Waals surface area contributed by atoms with Crippen LogP contribution in [-0.4, -0.2) is 36.3 Å². The van der Waals surface area contributed by atoms with E-state index in [-0.39, 0.29) is 17.7 Å². The second-order valence-electron chi connectivity index (χ2n) is 4.55. The van der Waals surface area contributed by atoms with Crippen LogP contribution in [0.2, 0.25) is 0 Å². The van der Waals surface area contributed by atoms with Gasteiger partial charge < -0.3 is 9.64 Å². The summed E-state index contributed by atoms with van der Waals surface area (Å²) in [6.45, 7) is 5.54. The van der Waals surface area contributed by atoms with Gasteiger partial charge in [0.05, 0.1) is 6.04 Å². The molecule has 2 unspecified atom stereocenters. The van der Waals surface area contributed by atoms with E-state index in [1.54, 1.807) is 17.0 Å². The van der Waals surface area contributed by atoms with E-state index in [9.17, 15) is 9.59 Å². The van der Waals surface area contributed by atoms with Crippen LogP contribution < -0.4 is 0 Å². The number of carbonyl (C=O) groups is 2. The first-order valence-corrected chi connectivity index (χ1v) is 6.15. The monoisotopic (exact) mass is 259 g/mol. The van der Waals surface area contributed by atoms with Crippen molar-refractivity contribution in [1.29, 1.82) is 0 Å². The molecule has 0 saturated carbocycles. The third-order valence-corrected chi connectivity index (χ3v) is 3.37. The third kappa shape index (κ3) is 2.19. The van der Waals surface area contributed by atoms with Crippen LogP contribution in [0.25, 0.3) is 0 Å². The van der Waals surface area contributed by atoms with Gasteiger partial charge in [0, 0.05) is 19.2 Å². The number of fused-ring (bicyclic) bond motifs is 1. The topological polar surface area (TPSA) is 46.6 Å². The molecule has 0 aliphatic carbocycles. The summed E-state index contributed by atoms with van der Waals surface area (Å²) in [6, 6.07) is 6.96. The van der Waals surface area contributed by atoms with Crippen LogP contribution >= 0.6 is 0 Å². The molecule has 0 radical (unpaired) electrons. The van der Waals surface area contributed by atoms with Crippen molar-refractivity contribution in [3.63, 3.8) is 0 Å². The number of hydrogen-bond acceptors (Lipinski definition) is 3. The number of ketones is 1. The van der Waals surface area contributed by atoms with Gasteiger partial charge in [-0.15, -0.1) is 6.58 Å². The minimum absolute atomic E-state index is 0.0798. The number of benzene rings is 1. The zero-order valence-electron chi connectivity index (χ0n) is 11.1. The van der Waals surface area contributed by atoms with Crippen molar-refractivity contribution in [2.75, 3.05) is 13.7 Å². The molecule has 4 nitrogen and oxygen atoms in total. The van der Waals surface area contributed by atoms with Crippen LogP contribution in [0.4, 0.5) is 0 Å². The van der Waals surface area contributed by atoms with Gasteiger partial charge in [-0.3, -0.25) is 9.59 Å². The van der Waals surface area contributed by atoms with Crippen LogP contribution in [0, 0.1) is 0 Å². The first kappa shape index (κ1) is 13.5. The largest absolute Gasteiger partial charge is 0.371 e. The molecule has 1 aliphatic rings. The van der Waals surface area contributed by atoms with E-state index >= 15 is 0 Å². The average Bonchev–Trinajstić information content (AvgIpc) is 2.66. The lowest BCUT2D eigenvalue weighted by Gasteiger charge is -2.29. The lowest BCUT2D eigenvalue weighted by Crippen LogP contribution is -2.39. The number of rotatable bonds is 5. The Morgan fingerprint density at radius 3 is 2.79 bits per heavy atom. The molecule has 19 heavy (non-hydrogen) atoms. The van der Waals surface area contributed by atoms with Gasteiger partial charge in [0.2, 0.25) is 0 Å². The predicted molar refractivity (Wildman–Crippen MR) is 71.9 cm³/mol. The highest BCUT2D eigenvalue weighted by Gasteiger charge is 2.42. The summed E-state index contributed by atoms with van der Waals surface area (Å²) in [7, 11) is 1.49. The van der Waals surface area contributed by atoms with Crippen LogP contribution in [0.15, 0.2) is 36.9 Å². The Bertz CT molecular complexity index is 524. The molecule has 0 fully saturated rings. The van der Waals surface area contributed by atoms with Gasteiger partial charge in [0.25, 0.3) is 5.91 Å². The molecule has 100 valence electrons. The second-order valence-corrected chi connectivity index (χ2v) is 4.55. The highest BCUT2D eigenvalue weighted by Crippen LogP contribution is 2.36. The number of hydrogen-bond donors (Lipinski definition) is 0. The fourth-order valence-electron chi connectivity index (χ4n) is 2.58. The normalized spacial score (nSPS) is 19.2. The van der Waals surface area contributed by atoms with E-state index in [2.05, 4.69) is 6.58 Å². The van der Waals surface area contributed by atoms with E-state index in [4.69, 9.17) is 4.74 Å². The lowest BCUT2D eigenvalue weighted by molar-refractivity contribution is -0.129. The van der Waals surface area contributed by atoms with Gasteiger partial charge >= 0.3 is 0 Å². The number of nitrogens with zero attached hydrogens (tertiary/aromatic N) is 1. The van der Waals surface area contributed by atoms with E-state index in [1.165, 1.54) is 14.0 Å². The first-order valence-electron chi connectivity index (χ1n) is 6.15. The molecule has 0 bridgehead atoms. The third-order valence-electron chi connectivity index (χ3n) is 3.37. The van der Waals surface area contributed by atoms with E-state index in [0.29, 0.717) is 12.1 Å². The SMILES string of the molecule is C=CCN1C(=O)c2ccccc2C1C(OC)C(C)=O. The fourth-order valence-corrected chi connectivity index (χ4v) is 2.58. The molecule has 0 aromatic heterocycles. The second kappa shape index (κ2) is 5.36. The molecule has 2 atom stereocenters. The fraction of sp³-hybridized carbons (Fsp3) is 0.333. The maximum absolute atomic E-state index is 12.4. The minimum atomic E-state index is -0.646. The molecule has 1 amide bonds. The van der Waals surface area contributed by atoms with Gasteiger partial charge in [0.15, 0.2) is 5.78 Å². The van der Waals surface area contributed by atoms with Gasteiger partial charge in [-0.25, -0.2) is 0 Å². The summed E-state index contributed by atoms with van der Waals surface area (Å²) in [5.41, 5.74) is 1.48. The highest BCUT2D eigenvalue weighted by molar-refractivity contribution is 6.00. The lowest BCUT2D eigenvalue weighted by atomic mass is 9.98. The Hall–Kier alpha value is -1.94. The zero-order valence-corrected chi connectivity index (χ0v) is 11.1. The molecular weight excluding hydrogens is 242 g/mol. The number of Topliss-reactive ketones (excluding diaryl/α,β-unsaturated/α-hetero) is 1. The Morgan fingerprint density at radius 2 is 2.21 bits per heavy atom. The minimum Gasteiger partial charge on any atom is -0.371 e. The maximum atomic E-state index is 12.4. The Kier molecular flexibility index (Phi) is 3.81. The predicted octanol–water partition coefficient (Wildman–Crippen LogP) is 1.97. The van der Waals surface area contributed by atoms with Gasteiger partial charge in [-0.05, 0) is 18.6 Å². The van der Waals surface area contributed by atoms with Crippen LogP contribution in [0.1, 0.15) is 28.9 Å². The number of ether oxygens (including phenoxy) is 1. The maximum Gasteiger partial charge on any atom is 0.255 e. The summed E-state index contributed by atoms with van der Waals surface area (Å²) >= 11 is 0. The van der Waals surface area contributed by atoms with Crippen molar-refractivity contribution in [3.8, 4) is 0 Å². The van der Waals surface area contributed by atoms with Gasteiger partial charge in [-0.1, -0.05) is 24.3 Å². The Morgan fingerprint density at radius 1 is 1.53 bits per heavy atom. The highest BCUT2D eigenvalue weighted by atomic mass is 16.5. The molecule has 2 rings (SSSR count). The summed E-state index contributed by atoms with van der Waals surface area (Å²) in [4.78, 5) is 25.7. The summed E-state index contributed by atoms with van der Waals surface area (Å²) in [5, 5.41) is 0. The Labute approximate surface area is 112 Å². The van der Waals surface area contributed by atoms with Crippen molar-refractivity contribution in [2.45, 2.75) is 19.1 Å². The van der Waals surface area contributed by atoms with E-state index in [0.717, 1.165) is 5.56 Å².